The minimum atomic E-state index is -0.388. The van der Waals surface area contributed by atoms with E-state index in [0.29, 0.717) is 17.5 Å². The molecule has 0 radical (unpaired) electrons. The fraction of sp³-hybridized carbons (Fsp3) is 0.0143. The second kappa shape index (κ2) is 15.8. The molecule has 0 N–H and O–H groups in total. The van der Waals surface area contributed by atoms with E-state index in [1.165, 1.54) is 85.2 Å². The van der Waals surface area contributed by atoms with E-state index in [9.17, 15) is 0 Å². The van der Waals surface area contributed by atoms with Crippen molar-refractivity contribution < 1.29 is 4.42 Å². The molecule has 6 heteroatoms. The Labute approximate surface area is 444 Å². The molecule has 0 unspecified atom stereocenters. The molecule has 352 valence electrons. The number of hydrogen-bond donors (Lipinski definition) is 0. The Morgan fingerprint density at radius 2 is 0.684 bits per heavy atom. The van der Waals surface area contributed by atoms with Gasteiger partial charge in [0.15, 0.2) is 17.5 Å². The standard InChI is InChI=1S/C70H39N3OS2/c1-6-22-54-44(14-1)45-15-2-7-23-55(45)70(54)56-24-8-3-16-46(56)47-36-34-43(39-57(47)70)41-32-30-40(31-33-41)42-35-37-58-53(38-42)64-50(19-11-25-59(64)74-58)67-71-68(51-20-12-28-62-65(51)48-17-4-9-26-60(48)75-62)73-69(72-67)52-21-13-29-63-66(52)49-18-5-10-27-61(49)76-63/h1-39H. The highest BCUT2D eigenvalue weighted by Gasteiger charge is 2.51. The van der Waals surface area contributed by atoms with E-state index in [2.05, 4.69) is 231 Å². The first-order valence-corrected chi connectivity index (χ1v) is 27.4. The zero-order chi connectivity index (χ0) is 49.6. The lowest BCUT2D eigenvalue weighted by Gasteiger charge is -2.30. The van der Waals surface area contributed by atoms with Gasteiger partial charge in [0.2, 0.25) is 0 Å². The van der Waals surface area contributed by atoms with Crippen LogP contribution in [0.1, 0.15) is 22.3 Å². The van der Waals surface area contributed by atoms with Crippen molar-refractivity contribution in [1.82, 2.24) is 15.0 Å². The molecule has 2 aliphatic rings. The number of fused-ring (bicyclic) bond motifs is 19. The highest BCUT2D eigenvalue weighted by molar-refractivity contribution is 7.26. The zero-order valence-electron chi connectivity index (χ0n) is 40.6. The Morgan fingerprint density at radius 1 is 0.276 bits per heavy atom. The summed E-state index contributed by atoms with van der Waals surface area (Å²) in [5.74, 6) is 1.87. The summed E-state index contributed by atoms with van der Waals surface area (Å²) < 4.78 is 11.5. The van der Waals surface area contributed by atoms with Gasteiger partial charge >= 0.3 is 0 Å². The smallest absolute Gasteiger partial charge is 0.164 e. The number of aromatic nitrogens is 3. The first-order valence-electron chi connectivity index (χ1n) is 25.7. The first kappa shape index (κ1) is 42.1. The van der Waals surface area contributed by atoms with Crippen molar-refractivity contribution in [2.75, 3.05) is 0 Å². The van der Waals surface area contributed by atoms with Gasteiger partial charge in [-0.15, -0.1) is 22.7 Å². The molecule has 0 aliphatic heterocycles. The van der Waals surface area contributed by atoms with E-state index in [1.54, 1.807) is 22.7 Å². The molecule has 0 fully saturated rings. The van der Waals surface area contributed by atoms with Crippen LogP contribution in [0.4, 0.5) is 0 Å². The molecule has 0 saturated carbocycles. The predicted molar refractivity (Wildman–Crippen MR) is 316 cm³/mol. The maximum atomic E-state index is 6.68. The third kappa shape index (κ3) is 5.85. The maximum Gasteiger partial charge on any atom is 0.164 e. The van der Waals surface area contributed by atoms with Crippen molar-refractivity contribution >= 4 is 85.0 Å². The largest absolute Gasteiger partial charge is 0.456 e. The van der Waals surface area contributed by atoms with Crippen molar-refractivity contribution in [3.8, 4) is 78.7 Å². The molecule has 2 aliphatic carbocycles. The number of hydrogen-bond acceptors (Lipinski definition) is 6. The molecule has 0 atom stereocenters. The van der Waals surface area contributed by atoms with E-state index < -0.39 is 0 Å². The van der Waals surface area contributed by atoms with Gasteiger partial charge in [-0.1, -0.05) is 188 Å². The molecule has 15 aromatic rings. The Kier molecular flexibility index (Phi) is 8.77. The number of thiophene rings is 2. The third-order valence-electron chi connectivity index (χ3n) is 16.2. The molecule has 4 heterocycles. The van der Waals surface area contributed by atoms with Crippen LogP contribution in [0.3, 0.4) is 0 Å². The van der Waals surface area contributed by atoms with Gasteiger partial charge in [0.25, 0.3) is 0 Å². The molecular formula is C70H39N3OS2. The summed E-state index contributed by atoms with van der Waals surface area (Å²) in [6.45, 7) is 0. The van der Waals surface area contributed by atoms with E-state index in [-0.39, 0.29) is 5.41 Å². The highest BCUT2D eigenvalue weighted by Crippen LogP contribution is 2.63. The van der Waals surface area contributed by atoms with Crippen molar-refractivity contribution in [2.24, 2.45) is 0 Å². The predicted octanol–water partition coefficient (Wildman–Crippen LogP) is 19.2. The van der Waals surface area contributed by atoms with Crippen LogP contribution in [0.25, 0.3) is 141 Å². The van der Waals surface area contributed by atoms with Crippen molar-refractivity contribution in [2.45, 2.75) is 5.41 Å². The van der Waals surface area contributed by atoms with Crippen molar-refractivity contribution in [3.63, 3.8) is 0 Å². The van der Waals surface area contributed by atoms with Crippen LogP contribution in [-0.2, 0) is 5.41 Å². The van der Waals surface area contributed by atoms with Crippen LogP contribution in [0.5, 0.6) is 0 Å². The number of rotatable bonds is 5. The van der Waals surface area contributed by atoms with Gasteiger partial charge in [-0.2, -0.15) is 0 Å². The molecule has 0 saturated heterocycles. The number of furan rings is 1. The number of nitrogens with zero attached hydrogens (tertiary/aromatic N) is 3. The molecular weight excluding hydrogens is 963 g/mol. The maximum absolute atomic E-state index is 6.68. The lowest BCUT2D eigenvalue weighted by molar-refractivity contribution is 0.669. The highest BCUT2D eigenvalue weighted by atomic mass is 32.1. The average Bonchev–Trinajstić information content (AvgIpc) is 4.46. The Hall–Kier alpha value is -9.33. The fourth-order valence-electron chi connectivity index (χ4n) is 13.0. The lowest BCUT2D eigenvalue weighted by Crippen LogP contribution is -2.25. The molecule has 11 aromatic carbocycles. The summed E-state index contributed by atoms with van der Waals surface area (Å²) in [4.78, 5) is 16.3. The van der Waals surface area contributed by atoms with Gasteiger partial charge in [-0.05, 0) is 115 Å². The molecule has 0 bridgehead atoms. The Morgan fingerprint density at radius 3 is 1.24 bits per heavy atom. The van der Waals surface area contributed by atoms with Gasteiger partial charge in [0, 0.05) is 67.8 Å². The van der Waals surface area contributed by atoms with Gasteiger partial charge in [-0.25, -0.2) is 15.0 Å². The van der Waals surface area contributed by atoms with Gasteiger partial charge in [0.05, 0.1) is 5.41 Å². The van der Waals surface area contributed by atoms with Gasteiger partial charge in [-0.3, -0.25) is 0 Å². The Balaban J connectivity index is 0.805. The third-order valence-corrected chi connectivity index (χ3v) is 18.5. The summed E-state index contributed by atoms with van der Waals surface area (Å²) in [6.07, 6.45) is 0. The van der Waals surface area contributed by atoms with Crippen molar-refractivity contribution in [1.29, 1.82) is 0 Å². The summed E-state index contributed by atoms with van der Waals surface area (Å²) in [7, 11) is 0. The first-order chi connectivity index (χ1) is 37.7. The molecule has 4 nitrogen and oxygen atoms in total. The number of benzene rings is 11. The Bertz CT molecular complexity index is 4770. The van der Waals surface area contributed by atoms with Gasteiger partial charge in [0.1, 0.15) is 11.2 Å². The van der Waals surface area contributed by atoms with E-state index >= 15 is 0 Å². The van der Waals surface area contributed by atoms with E-state index in [1.807, 2.05) is 6.07 Å². The van der Waals surface area contributed by atoms with Crippen LogP contribution in [0.2, 0.25) is 0 Å². The molecule has 17 rings (SSSR count). The summed E-state index contributed by atoms with van der Waals surface area (Å²) in [5.41, 5.74) is 19.3. The summed E-state index contributed by atoms with van der Waals surface area (Å²) in [5, 5.41) is 6.69. The van der Waals surface area contributed by atoms with Crippen LogP contribution in [-0.4, -0.2) is 15.0 Å². The molecule has 1 spiro atoms. The quantitative estimate of drug-likeness (QED) is 0.172. The lowest BCUT2D eigenvalue weighted by atomic mass is 9.70. The topological polar surface area (TPSA) is 51.8 Å². The second-order valence-electron chi connectivity index (χ2n) is 20.1. The molecule has 0 amide bonds. The average molecular weight is 1000 g/mol. The van der Waals surface area contributed by atoms with Crippen molar-refractivity contribution in [3.05, 3.63) is 259 Å². The molecule has 4 aromatic heterocycles. The normalized spacial score (nSPS) is 13.1. The van der Waals surface area contributed by atoms with Crippen LogP contribution < -0.4 is 0 Å². The van der Waals surface area contributed by atoms with Crippen LogP contribution in [0.15, 0.2) is 241 Å². The van der Waals surface area contributed by atoms with Crippen LogP contribution >= 0.6 is 22.7 Å². The SMILES string of the molecule is c1ccc2c(c1)-c1ccccc1C21c2ccccc2-c2ccc(-c3ccc(-c4ccc5oc6cccc(-c7nc(-c8cccc9sc%10ccccc%10c89)nc(-c8cccc9sc%10ccccc%10c89)n7)c6c5c4)cc3)cc21. The van der Waals surface area contributed by atoms with E-state index in [4.69, 9.17) is 19.4 Å². The van der Waals surface area contributed by atoms with Crippen LogP contribution in [0, 0.1) is 0 Å². The monoisotopic (exact) mass is 1000 g/mol. The van der Waals surface area contributed by atoms with E-state index in [0.717, 1.165) is 60.5 Å². The molecule has 76 heavy (non-hydrogen) atoms. The van der Waals surface area contributed by atoms with Gasteiger partial charge < -0.3 is 4.42 Å². The zero-order valence-corrected chi connectivity index (χ0v) is 42.2. The minimum Gasteiger partial charge on any atom is -0.456 e. The summed E-state index contributed by atoms with van der Waals surface area (Å²) in [6, 6.07) is 86.1. The minimum absolute atomic E-state index is 0.388. The second-order valence-corrected chi connectivity index (χ2v) is 22.2. The summed E-state index contributed by atoms with van der Waals surface area (Å²) >= 11 is 3.60. The fourth-order valence-corrected chi connectivity index (χ4v) is 15.2.